The first-order valence-electron chi connectivity index (χ1n) is 4.84. The second kappa shape index (κ2) is 3.84. The van der Waals surface area contributed by atoms with E-state index in [-0.39, 0.29) is 6.01 Å². The van der Waals surface area contributed by atoms with Gasteiger partial charge in [-0.15, -0.1) is 0 Å². The van der Waals surface area contributed by atoms with Crippen molar-refractivity contribution in [2.24, 2.45) is 17.4 Å². The molecule has 1 saturated heterocycles. The standard InChI is InChI=1S/C9H12N4O3/c10-7(14)5-3-6(8(11)15)13(4-5)9-12-1-2-16-9/h1-2,5-6H,3-4H2,(H2,10,14)(H2,11,15). The minimum Gasteiger partial charge on any atom is -0.432 e. The normalized spacial score (nSPS) is 24.6. The second-order valence-electron chi connectivity index (χ2n) is 3.72. The molecule has 2 amide bonds. The largest absolute Gasteiger partial charge is 0.432 e. The van der Waals surface area contributed by atoms with Crippen LogP contribution < -0.4 is 16.4 Å². The highest BCUT2D eigenvalue weighted by Crippen LogP contribution is 2.27. The third kappa shape index (κ3) is 1.71. The van der Waals surface area contributed by atoms with Crippen LogP contribution in [0.5, 0.6) is 0 Å². The van der Waals surface area contributed by atoms with Gasteiger partial charge >= 0.3 is 0 Å². The lowest BCUT2D eigenvalue weighted by molar-refractivity contribution is -0.121. The molecule has 2 unspecified atom stereocenters. The van der Waals surface area contributed by atoms with Crippen molar-refractivity contribution in [1.29, 1.82) is 0 Å². The summed E-state index contributed by atoms with van der Waals surface area (Å²) in [6, 6.07) is -0.302. The number of primary amides is 2. The van der Waals surface area contributed by atoms with Crippen molar-refractivity contribution in [3.8, 4) is 0 Å². The average Bonchev–Trinajstić information content (AvgIpc) is 2.86. The number of nitrogens with zero attached hydrogens (tertiary/aromatic N) is 2. The molecule has 7 nitrogen and oxygen atoms in total. The van der Waals surface area contributed by atoms with Crippen LogP contribution in [0.25, 0.3) is 0 Å². The summed E-state index contributed by atoms with van der Waals surface area (Å²) in [7, 11) is 0. The smallest absolute Gasteiger partial charge is 0.297 e. The van der Waals surface area contributed by atoms with Crippen LogP contribution in [-0.4, -0.2) is 29.4 Å². The van der Waals surface area contributed by atoms with Crippen LogP contribution in [-0.2, 0) is 9.59 Å². The van der Waals surface area contributed by atoms with E-state index in [1.165, 1.54) is 12.5 Å². The molecule has 1 aliphatic heterocycles. The molecule has 1 aromatic rings. The van der Waals surface area contributed by atoms with Crippen molar-refractivity contribution >= 4 is 17.8 Å². The number of hydrogen-bond acceptors (Lipinski definition) is 5. The molecule has 2 heterocycles. The molecule has 86 valence electrons. The number of hydrogen-bond donors (Lipinski definition) is 2. The topological polar surface area (TPSA) is 115 Å². The Morgan fingerprint density at radius 3 is 2.69 bits per heavy atom. The van der Waals surface area contributed by atoms with E-state index in [0.29, 0.717) is 13.0 Å². The maximum absolute atomic E-state index is 11.2. The van der Waals surface area contributed by atoms with Gasteiger partial charge in [0.2, 0.25) is 11.8 Å². The SMILES string of the molecule is NC(=O)C1CC(C(N)=O)N(c2ncco2)C1. The van der Waals surface area contributed by atoms with Gasteiger partial charge in [-0.2, -0.15) is 0 Å². The molecule has 2 rings (SSSR count). The van der Waals surface area contributed by atoms with Crippen molar-refractivity contribution in [2.75, 3.05) is 11.4 Å². The molecule has 0 aromatic carbocycles. The first-order chi connectivity index (χ1) is 7.59. The summed E-state index contributed by atoms with van der Waals surface area (Å²) in [5.41, 5.74) is 10.5. The molecule has 0 spiro atoms. The molecule has 2 atom stereocenters. The van der Waals surface area contributed by atoms with E-state index in [1.807, 2.05) is 0 Å². The highest BCUT2D eigenvalue weighted by atomic mass is 16.4. The number of anilines is 1. The summed E-state index contributed by atoms with van der Waals surface area (Å²) in [5, 5.41) is 0. The Labute approximate surface area is 91.4 Å². The van der Waals surface area contributed by atoms with Gasteiger partial charge in [-0.1, -0.05) is 0 Å². The molecule has 0 bridgehead atoms. The number of rotatable bonds is 3. The Bertz CT molecular complexity index is 403. The lowest BCUT2D eigenvalue weighted by atomic mass is 10.1. The Hall–Kier alpha value is -2.05. The van der Waals surface area contributed by atoms with Crippen molar-refractivity contribution in [1.82, 2.24) is 4.98 Å². The minimum absolute atomic E-state index is 0.285. The van der Waals surface area contributed by atoms with E-state index < -0.39 is 23.8 Å². The molecule has 0 saturated carbocycles. The fourth-order valence-corrected chi connectivity index (χ4v) is 1.88. The highest BCUT2D eigenvalue weighted by molar-refractivity contribution is 5.87. The number of carbonyl (C=O) groups is 2. The van der Waals surface area contributed by atoms with Gasteiger partial charge in [-0.25, -0.2) is 4.98 Å². The van der Waals surface area contributed by atoms with Crippen LogP contribution >= 0.6 is 0 Å². The zero-order valence-electron chi connectivity index (χ0n) is 8.50. The quantitative estimate of drug-likeness (QED) is 0.671. The monoisotopic (exact) mass is 224 g/mol. The van der Waals surface area contributed by atoms with E-state index in [9.17, 15) is 9.59 Å². The van der Waals surface area contributed by atoms with Crippen molar-refractivity contribution in [3.63, 3.8) is 0 Å². The molecule has 4 N–H and O–H groups in total. The number of oxazole rings is 1. The molecule has 1 aliphatic rings. The Morgan fingerprint density at radius 1 is 1.44 bits per heavy atom. The van der Waals surface area contributed by atoms with Gasteiger partial charge in [-0.3, -0.25) is 9.59 Å². The average molecular weight is 224 g/mol. The third-order valence-corrected chi connectivity index (χ3v) is 2.70. The summed E-state index contributed by atoms with van der Waals surface area (Å²) in [6.07, 6.45) is 3.17. The Morgan fingerprint density at radius 2 is 2.19 bits per heavy atom. The summed E-state index contributed by atoms with van der Waals surface area (Å²) in [4.78, 5) is 27.8. The lowest BCUT2D eigenvalue weighted by Crippen LogP contribution is -2.40. The van der Waals surface area contributed by atoms with Crippen LogP contribution in [0.2, 0.25) is 0 Å². The number of amides is 2. The predicted molar refractivity (Wildman–Crippen MR) is 54.1 cm³/mol. The summed E-state index contributed by atoms with van der Waals surface area (Å²) >= 11 is 0. The minimum atomic E-state index is -0.587. The molecule has 1 aromatic heterocycles. The van der Waals surface area contributed by atoms with Gasteiger partial charge in [0.05, 0.1) is 12.1 Å². The van der Waals surface area contributed by atoms with Crippen molar-refractivity contribution in [2.45, 2.75) is 12.5 Å². The lowest BCUT2D eigenvalue weighted by Gasteiger charge is -2.19. The summed E-state index contributed by atoms with van der Waals surface area (Å²) < 4.78 is 5.08. The maximum Gasteiger partial charge on any atom is 0.297 e. The number of carbonyl (C=O) groups excluding carboxylic acids is 2. The van der Waals surface area contributed by atoms with Gasteiger partial charge in [0, 0.05) is 6.54 Å². The van der Waals surface area contributed by atoms with Crippen molar-refractivity contribution in [3.05, 3.63) is 12.5 Å². The van der Waals surface area contributed by atoms with E-state index in [1.54, 1.807) is 4.90 Å². The van der Waals surface area contributed by atoms with E-state index in [0.717, 1.165) is 0 Å². The van der Waals surface area contributed by atoms with Crippen LogP contribution in [0, 0.1) is 5.92 Å². The van der Waals surface area contributed by atoms with Gasteiger partial charge in [0.1, 0.15) is 12.3 Å². The van der Waals surface area contributed by atoms with E-state index in [2.05, 4.69) is 4.98 Å². The fraction of sp³-hybridized carbons (Fsp3) is 0.444. The number of nitrogens with two attached hydrogens (primary N) is 2. The molecule has 16 heavy (non-hydrogen) atoms. The van der Waals surface area contributed by atoms with Gasteiger partial charge < -0.3 is 20.8 Å². The third-order valence-electron chi connectivity index (χ3n) is 2.70. The zero-order chi connectivity index (χ0) is 11.7. The van der Waals surface area contributed by atoms with Crippen LogP contribution in [0.1, 0.15) is 6.42 Å². The fourth-order valence-electron chi connectivity index (χ4n) is 1.88. The van der Waals surface area contributed by atoms with E-state index in [4.69, 9.17) is 15.9 Å². The molecular weight excluding hydrogens is 212 g/mol. The maximum atomic E-state index is 11.2. The van der Waals surface area contributed by atoms with Gasteiger partial charge in [-0.05, 0) is 6.42 Å². The predicted octanol–water partition coefficient (Wildman–Crippen LogP) is -1.16. The van der Waals surface area contributed by atoms with Crippen LogP contribution in [0.15, 0.2) is 16.9 Å². The molecule has 1 fully saturated rings. The Balaban J connectivity index is 2.23. The zero-order valence-corrected chi connectivity index (χ0v) is 8.50. The van der Waals surface area contributed by atoms with Crippen LogP contribution in [0.3, 0.4) is 0 Å². The van der Waals surface area contributed by atoms with E-state index >= 15 is 0 Å². The summed E-state index contributed by atoms with van der Waals surface area (Å²) in [6.45, 7) is 0.309. The molecule has 0 radical (unpaired) electrons. The van der Waals surface area contributed by atoms with Gasteiger partial charge in [0.25, 0.3) is 6.01 Å². The van der Waals surface area contributed by atoms with Gasteiger partial charge in [0.15, 0.2) is 0 Å². The Kier molecular flexibility index (Phi) is 2.51. The second-order valence-corrected chi connectivity index (χ2v) is 3.72. The number of aromatic nitrogens is 1. The molecule has 0 aliphatic carbocycles. The molecular formula is C9H12N4O3. The first-order valence-corrected chi connectivity index (χ1v) is 4.84. The van der Waals surface area contributed by atoms with Crippen LogP contribution in [0.4, 0.5) is 6.01 Å². The summed E-state index contributed by atoms with van der Waals surface area (Å²) in [5.74, 6) is -1.35. The van der Waals surface area contributed by atoms with Crippen molar-refractivity contribution < 1.29 is 14.0 Å². The first kappa shape index (κ1) is 10.5. The molecule has 7 heteroatoms. The highest BCUT2D eigenvalue weighted by Gasteiger charge is 2.40.